The standard InChI is InChI=1S/C17H17BrN2S/c18-12-8-9-16(14(10-12)17(19)21)20-15-7-3-5-11-4-1-2-6-13(11)15/h1-2,4,6,8-10,15,20H,3,5,7H2,(H2,19,21). The van der Waals surface area contributed by atoms with Crippen LogP contribution in [-0.4, -0.2) is 4.99 Å². The number of benzene rings is 2. The van der Waals surface area contributed by atoms with Gasteiger partial charge < -0.3 is 11.1 Å². The van der Waals surface area contributed by atoms with Crippen molar-refractivity contribution in [2.45, 2.75) is 25.3 Å². The molecular formula is C17H17BrN2S. The minimum absolute atomic E-state index is 0.323. The fraction of sp³-hybridized carbons (Fsp3) is 0.235. The molecule has 0 heterocycles. The molecule has 0 bridgehead atoms. The molecule has 0 spiro atoms. The quantitative estimate of drug-likeness (QED) is 0.787. The Bertz CT molecular complexity index is 684. The van der Waals surface area contributed by atoms with Gasteiger partial charge in [-0.2, -0.15) is 0 Å². The molecule has 0 saturated carbocycles. The van der Waals surface area contributed by atoms with Crippen LogP contribution < -0.4 is 11.1 Å². The van der Waals surface area contributed by atoms with Gasteiger partial charge in [0.15, 0.2) is 0 Å². The third kappa shape index (κ3) is 3.11. The predicted octanol–water partition coefficient (Wildman–Crippen LogP) is 4.57. The molecular weight excluding hydrogens is 344 g/mol. The number of anilines is 1. The number of halogens is 1. The molecule has 2 nitrogen and oxygen atoms in total. The smallest absolute Gasteiger partial charge is 0.106 e. The molecule has 3 rings (SSSR count). The first-order chi connectivity index (χ1) is 10.1. The fourth-order valence-electron chi connectivity index (χ4n) is 2.94. The van der Waals surface area contributed by atoms with Gasteiger partial charge in [0.25, 0.3) is 0 Å². The van der Waals surface area contributed by atoms with E-state index in [1.165, 1.54) is 17.5 Å². The van der Waals surface area contributed by atoms with Gasteiger partial charge in [-0.05, 0) is 48.6 Å². The Morgan fingerprint density at radius 3 is 2.86 bits per heavy atom. The van der Waals surface area contributed by atoms with Gasteiger partial charge in [-0.25, -0.2) is 0 Å². The number of thiocarbonyl (C=S) groups is 1. The molecule has 0 aromatic heterocycles. The van der Waals surface area contributed by atoms with Gasteiger partial charge in [0, 0.05) is 15.7 Å². The molecule has 21 heavy (non-hydrogen) atoms. The van der Waals surface area contributed by atoms with E-state index >= 15 is 0 Å². The summed E-state index contributed by atoms with van der Waals surface area (Å²) < 4.78 is 0.986. The first kappa shape index (κ1) is 14.5. The van der Waals surface area contributed by atoms with E-state index in [4.69, 9.17) is 18.0 Å². The van der Waals surface area contributed by atoms with Gasteiger partial charge in [0.2, 0.25) is 0 Å². The van der Waals surface area contributed by atoms with Crippen molar-refractivity contribution in [3.8, 4) is 0 Å². The maximum absolute atomic E-state index is 5.85. The lowest BCUT2D eigenvalue weighted by Gasteiger charge is -2.28. The summed E-state index contributed by atoms with van der Waals surface area (Å²) in [6.07, 6.45) is 3.49. The van der Waals surface area contributed by atoms with Crippen LogP contribution in [0.2, 0.25) is 0 Å². The summed E-state index contributed by atoms with van der Waals surface area (Å²) in [6.45, 7) is 0. The number of nitrogens with two attached hydrogens (primary N) is 1. The molecule has 0 saturated heterocycles. The van der Waals surface area contributed by atoms with E-state index in [9.17, 15) is 0 Å². The lowest BCUT2D eigenvalue weighted by molar-refractivity contribution is 0.600. The van der Waals surface area contributed by atoms with Crippen molar-refractivity contribution < 1.29 is 0 Å². The second-order valence-corrected chi connectivity index (χ2v) is 6.70. The number of rotatable bonds is 3. The fourth-order valence-corrected chi connectivity index (χ4v) is 3.47. The molecule has 1 aliphatic rings. The number of nitrogens with one attached hydrogen (secondary N) is 1. The summed E-state index contributed by atoms with van der Waals surface area (Å²) in [5.41, 5.74) is 10.6. The zero-order chi connectivity index (χ0) is 14.8. The largest absolute Gasteiger partial charge is 0.389 e. The molecule has 1 aliphatic carbocycles. The van der Waals surface area contributed by atoms with E-state index < -0.39 is 0 Å². The number of hydrogen-bond acceptors (Lipinski definition) is 2. The van der Waals surface area contributed by atoms with Crippen LogP contribution in [0.5, 0.6) is 0 Å². The van der Waals surface area contributed by atoms with Crippen LogP contribution in [-0.2, 0) is 6.42 Å². The average Bonchev–Trinajstić information content (AvgIpc) is 2.49. The second kappa shape index (κ2) is 6.16. The van der Waals surface area contributed by atoms with E-state index in [1.807, 2.05) is 18.2 Å². The Kier molecular flexibility index (Phi) is 4.27. The molecule has 108 valence electrons. The lowest BCUT2D eigenvalue weighted by atomic mass is 9.87. The predicted molar refractivity (Wildman–Crippen MR) is 95.8 cm³/mol. The first-order valence-electron chi connectivity index (χ1n) is 7.09. The van der Waals surface area contributed by atoms with Crippen molar-refractivity contribution in [2.24, 2.45) is 5.73 Å². The Morgan fingerprint density at radius 2 is 2.05 bits per heavy atom. The van der Waals surface area contributed by atoms with E-state index in [0.717, 1.165) is 28.6 Å². The molecule has 2 aromatic carbocycles. The number of hydrogen-bond donors (Lipinski definition) is 2. The van der Waals surface area contributed by atoms with Crippen LogP contribution in [0.1, 0.15) is 35.6 Å². The maximum Gasteiger partial charge on any atom is 0.106 e. The molecule has 0 aliphatic heterocycles. The summed E-state index contributed by atoms with van der Waals surface area (Å²) in [7, 11) is 0. The highest BCUT2D eigenvalue weighted by Gasteiger charge is 2.20. The van der Waals surface area contributed by atoms with Gasteiger partial charge in [0.1, 0.15) is 4.99 Å². The summed E-state index contributed by atoms with van der Waals surface area (Å²) in [5, 5.41) is 3.63. The second-order valence-electron chi connectivity index (χ2n) is 5.34. The lowest BCUT2D eigenvalue weighted by Crippen LogP contribution is -2.20. The Labute approximate surface area is 138 Å². The summed E-state index contributed by atoms with van der Waals surface area (Å²) in [4.78, 5) is 0.419. The van der Waals surface area contributed by atoms with Crippen LogP contribution in [0.3, 0.4) is 0 Å². The topological polar surface area (TPSA) is 38.0 Å². The summed E-state index contributed by atoms with van der Waals surface area (Å²) in [5.74, 6) is 0. The van der Waals surface area contributed by atoms with Gasteiger partial charge in [-0.3, -0.25) is 0 Å². The zero-order valence-electron chi connectivity index (χ0n) is 11.6. The molecule has 0 amide bonds. The third-order valence-corrected chi connectivity index (χ3v) is 4.66. The first-order valence-corrected chi connectivity index (χ1v) is 8.29. The van der Waals surface area contributed by atoms with Crippen molar-refractivity contribution >= 4 is 38.8 Å². The monoisotopic (exact) mass is 360 g/mol. The molecule has 3 N–H and O–H groups in total. The number of aryl methyl sites for hydroxylation is 1. The highest BCUT2D eigenvalue weighted by atomic mass is 79.9. The molecule has 1 unspecified atom stereocenters. The van der Waals surface area contributed by atoms with Crippen molar-refractivity contribution in [3.05, 3.63) is 63.6 Å². The Morgan fingerprint density at radius 1 is 1.24 bits per heavy atom. The Balaban J connectivity index is 1.93. The van der Waals surface area contributed by atoms with Crippen LogP contribution in [0.4, 0.5) is 5.69 Å². The van der Waals surface area contributed by atoms with Crippen molar-refractivity contribution in [1.82, 2.24) is 0 Å². The van der Waals surface area contributed by atoms with Gasteiger partial charge in [0.05, 0.1) is 6.04 Å². The van der Waals surface area contributed by atoms with Crippen LogP contribution >= 0.6 is 28.1 Å². The van der Waals surface area contributed by atoms with Gasteiger partial charge in [-0.15, -0.1) is 0 Å². The van der Waals surface area contributed by atoms with Gasteiger partial charge in [-0.1, -0.05) is 52.4 Å². The van der Waals surface area contributed by atoms with E-state index in [0.29, 0.717) is 11.0 Å². The SMILES string of the molecule is NC(=S)c1cc(Br)ccc1NC1CCCc2ccccc21. The molecule has 0 radical (unpaired) electrons. The van der Waals surface area contributed by atoms with Crippen molar-refractivity contribution in [1.29, 1.82) is 0 Å². The van der Waals surface area contributed by atoms with E-state index in [-0.39, 0.29) is 0 Å². The van der Waals surface area contributed by atoms with Crippen LogP contribution in [0, 0.1) is 0 Å². The molecule has 0 fully saturated rings. The highest BCUT2D eigenvalue weighted by Crippen LogP contribution is 2.33. The third-order valence-electron chi connectivity index (χ3n) is 3.95. The van der Waals surface area contributed by atoms with Crippen molar-refractivity contribution in [2.75, 3.05) is 5.32 Å². The summed E-state index contributed by atoms with van der Waals surface area (Å²) in [6, 6.07) is 15.0. The number of fused-ring (bicyclic) bond motifs is 1. The summed E-state index contributed by atoms with van der Waals surface area (Å²) >= 11 is 8.64. The maximum atomic E-state index is 5.85. The molecule has 2 aromatic rings. The zero-order valence-corrected chi connectivity index (χ0v) is 14.0. The van der Waals surface area contributed by atoms with Crippen molar-refractivity contribution in [3.63, 3.8) is 0 Å². The van der Waals surface area contributed by atoms with Crippen LogP contribution in [0.15, 0.2) is 46.9 Å². The highest BCUT2D eigenvalue weighted by molar-refractivity contribution is 9.10. The minimum atomic E-state index is 0.323. The van der Waals surface area contributed by atoms with E-state index in [2.05, 4.69) is 45.5 Å². The molecule has 4 heteroatoms. The Hall–Kier alpha value is -1.39. The minimum Gasteiger partial charge on any atom is -0.389 e. The van der Waals surface area contributed by atoms with Crippen LogP contribution in [0.25, 0.3) is 0 Å². The molecule has 1 atom stereocenters. The van der Waals surface area contributed by atoms with E-state index in [1.54, 1.807) is 0 Å². The van der Waals surface area contributed by atoms with Gasteiger partial charge >= 0.3 is 0 Å². The normalized spacial score (nSPS) is 17.1. The average molecular weight is 361 g/mol.